The average molecular weight is 674 g/mol. The number of rotatable bonds is 12. The van der Waals surface area contributed by atoms with E-state index in [-0.39, 0.29) is 17.7 Å². The van der Waals surface area contributed by atoms with Crippen LogP contribution in [0.3, 0.4) is 0 Å². The number of ether oxygens (including phenoxy) is 1. The quantitative estimate of drug-likeness (QED) is 0.195. The second-order valence-electron chi connectivity index (χ2n) is 10.9. The van der Waals surface area contributed by atoms with Crippen molar-refractivity contribution < 1.29 is 14.3 Å². The number of ketones is 1. The molecule has 0 aliphatic heterocycles. The molecule has 5 nitrogen and oxygen atoms in total. The van der Waals surface area contributed by atoms with Crippen LogP contribution in [0.4, 0.5) is 0 Å². The van der Waals surface area contributed by atoms with Gasteiger partial charge in [-0.2, -0.15) is 0 Å². The summed E-state index contributed by atoms with van der Waals surface area (Å²) >= 11 is 24.8. The summed E-state index contributed by atoms with van der Waals surface area (Å²) in [5.74, 6) is 0.359. The number of hydrogen-bond donors (Lipinski definition) is 1. The summed E-state index contributed by atoms with van der Waals surface area (Å²) in [4.78, 5) is 29.3. The third-order valence-corrected chi connectivity index (χ3v) is 8.05. The minimum atomic E-state index is -0.332. The molecule has 1 amide bonds. The van der Waals surface area contributed by atoms with E-state index in [1.165, 1.54) is 0 Å². The van der Waals surface area contributed by atoms with Crippen molar-refractivity contribution in [3.8, 4) is 5.75 Å². The van der Waals surface area contributed by atoms with Crippen LogP contribution in [0.5, 0.6) is 5.75 Å². The lowest BCUT2D eigenvalue weighted by atomic mass is 9.83. The fourth-order valence-electron chi connectivity index (χ4n) is 5.30. The second kappa shape index (κ2) is 16.5. The van der Waals surface area contributed by atoms with Crippen LogP contribution in [0.1, 0.15) is 61.0 Å². The van der Waals surface area contributed by atoms with Crippen LogP contribution in [0.2, 0.25) is 20.1 Å². The van der Waals surface area contributed by atoms with Crippen LogP contribution in [-0.4, -0.2) is 48.9 Å². The van der Waals surface area contributed by atoms with Gasteiger partial charge in [0.2, 0.25) is 0 Å². The minimum Gasteiger partial charge on any atom is -0.492 e. The molecule has 0 spiro atoms. The summed E-state index contributed by atoms with van der Waals surface area (Å²) < 4.78 is 5.94. The highest BCUT2D eigenvalue weighted by atomic mass is 35.5. The summed E-state index contributed by atoms with van der Waals surface area (Å²) in [5, 5.41) is 4.98. The molecule has 0 unspecified atom stereocenters. The molecule has 1 aliphatic rings. The lowest BCUT2D eigenvalue weighted by molar-refractivity contribution is -0.113. The van der Waals surface area contributed by atoms with E-state index in [9.17, 15) is 9.59 Å². The van der Waals surface area contributed by atoms with E-state index >= 15 is 0 Å². The van der Waals surface area contributed by atoms with E-state index in [4.69, 9.17) is 51.1 Å². The Morgan fingerprint density at radius 2 is 1.27 bits per heavy atom. The van der Waals surface area contributed by atoms with Gasteiger partial charge in [-0.25, -0.2) is 0 Å². The second-order valence-corrected chi connectivity index (χ2v) is 12.6. The number of benzene rings is 3. The average Bonchev–Trinajstić information content (AvgIpc) is 2.95. The molecule has 0 bridgehead atoms. The van der Waals surface area contributed by atoms with Gasteiger partial charge in [-0.05, 0) is 123 Å². The Bertz CT molecular complexity index is 1420. The summed E-state index contributed by atoms with van der Waals surface area (Å²) in [5.41, 5.74) is 2.97. The Balaban J connectivity index is 1.50. The molecule has 0 saturated heterocycles. The molecule has 3 aromatic rings. The molecule has 0 heterocycles. The van der Waals surface area contributed by atoms with E-state index in [0.29, 0.717) is 73.1 Å². The zero-order valence-electron chi connectivity index (χ0n) is 24.8. The number of Topliss-reactive ketones (excluding diaryl/α,β-unsaturated/α-hetero) is 1. The summed E-state index contributed by atoms with van der Waals surface area (Å²) in [6, 6.07) is 17.0. The van der Waals surface area contributed by atoms with Crippen molar-refractivity contribution in [2.45, 2.75) is 45.6 Å². The maximum absolute atomic E-state index is 13.6. The molecule has 0 radical (unpaired) electrons. The normalized spacial score (nSPS) is 17.0. The van der Waals surface area contributed by atoms with Crippen molar-refractivity contribution in [2.75, 3.05) is 26.2 Å². The number of halogens is 4. The predicted molar refractivity (Wildman–Crippen MR) is 183 cm³/mol. The summed E-state index contributed by atoms with van der Waals surface area (Å²) in [6.45, 7) is 7.90. The zero-order valence-corrected chi connectivity index (χ0v) is 27.9. The van der Waals surface area contributed by atoms with Crippen molar-refractivity contribution in [1.29, 1.82) is 0 Å². The van der Waals surface area contributed by atoms with Gasteiger partial charge < -0.3 is 10.1 Å². The molecule has 4 rings (SSSR count). The number of amides is 1. The van der Waals surface area contributed by atoms with Gasteiger partial charge in [0.05, 0.1) is 0 Å². The van der Waals surface area contributed by atoms with Crippen LogP contribution >= 0.6 is 46.4 Å². The largest absolute Gasteiger partial charge is 0.492 e. The molecule has 1 N–H and O–H groups in total. The number of hydrogen-bond acceptors (Lipinski definition) is 4. The molecule has 0 aromatic heterocycles. The molecular formula is C35H36Cl4N2O3. The Hall–Kier alpha value is -2.80. The molecule has 3 aromatic carbocycles. The lowest BCUT2D eigenvalue weighted by Gasteiger charge is -2.27. The first-order valence-corrected chi connectivity index (χ1v) is 16.3. The highest BCUT2D eigenvalue weighted by Crippen LogP contribution is 2.31. The number of nitrogens with one attached hydrogen (secondary N) is 1. The molecule has 44 heavy (non-hydrogen) atoms. The van der Waals surface area contributed by atoms with Crippen LogP contribution in [0, 0.1) is 0 Å². The van der Waals surface area contributed by atoms with Crippen molar-refractivity contribution in [3.63, 3.8) is 0 Å². The van der Waals surface area contributed by atoms with Crippen molar-refractivity contribution >= 4 is 70.2 Å². The fourth-order valence-corrected chi connectivity index (χ4v) is 6.38. The monoisotopic (exact) mass is 672 g/mol. The van der Waals surface area contributed by atoms with Gasteiger partial charge in [-0.15, -0.1) is 0 Å². The SMILES string of the molecule is CCCN(CCC)CCOc1ccc(C(=O)NC2C/C(=C\c3cc(Cl)cc(Cl)c3)C(=O)/C(=C/c3cc(Cl)cc(Cl)c3)C2)cc1. The molecule has 1 saturated carbocycles. The standard InChI is InChI=1S/C35H36Cl4N2O3/c1-3-9-41(10-4-2)11-12-44-33-7-5-25(6-8-33)35(43)40-32-19-26(13-23-15-28(36)21-29(37)16-23)34(42)27(20-32)14-24-17-30(38)22-31(39)18-24/h5-8,13-18,21-22,32H,3-4,9-12,19-20H2,1-2H3,(H,40,43)/b26-13+,27-14+. The Labute approximate surface area is 279 Å². The Kier molecular flexibility index (Phi) is 12.8. The molecule has 9 heteroatoms. The lowest BCUT2D eigenvalue weighted by Crippen LogP contribution is -2.39. The Morgan fingerprint density at radius 1 is 0.795 bits per heavy atom. The van der Waals surface area contributed by atoms with E-state index in [2.05, 4.69) is 24.1 Å². The van der Waals surface area contributed by atoms with Crippen molar-refractivity contribution in [1.82, 2.24) is 10.2 Å². The zero-order chi connectivity index (χ0) is 31.6. The molecule has 1 fully saturated rings. The van der Waals surface area contributed by atoms with E-state index in [1.54, 1.807) is 60.7 Å². The van der Waals surface area contributed by atoms with E-state index in [0.717, 1.165) is 32.5 Å². The van der Waals surface area contributed by atoms with Crippen LogP contribution in [0.25, 0.3) is 12.2 Å². The van der Waals surface area contributed by atoms with Gasteiger partial charge in [0, 0.05) is 49.4 Å². The van der Waals surface area contributed by atoms with Crippen LogP contribution in [-0.2, 0) is 4.79 Å². The third kappa shape index (κ3) is 10.1. The van der Waals surface area contributed by atoms with Crippen LogP contribution < -0.4 is 10.1 Å². The first-order chi connectivity index (χ1) is 21.1. The van der Waals surface area contributed by atoms with Gasteiger partial charge in [-0.3, -0.25) is 14.5 Å². The Morgan fingerprint density at radius 3 is 1.73 bits per heavy atom. The first kappa shape index (κ1) is 34.1. The highest BCUT2D eigenvalue weighted by Gasteiger charge is 2.29. The smallest absolute Gasteiger partial charge is 0.251 e. The first-order valence-electron chi connectivity index (χ1n) is 14.8. The maximum Gasteiger partial charge on any atom is 0.251 e. The number of nitrogens with zero attached hydrogens (tertiary/aromatic N) is 1. The highest BCUT2D eigenvalue weighted by molar-refractivity contribution is 6.35. The van der Waals surface area contributed by atoms with Gasteiger partial charge >= 0.3 is 0 Å². The summed E-state index contributed by atoms with van der Waals surface area (Å²) in [6.07, 6.45) is 6.44. The molecular weight excluding hydrogens is 638 g/mol. The van der Waals surface area contributed by atoms with Gasteiger partial charge in [0.25, 0.3) is 5.91 Å². The third-order valence-electron chi connectivity index (χ3n) is 7.18. The van der Waals surface area contributed by atoms with Gasteiger partial charge in [0.15, 0.2) is 5.78 Å². The predicted octanol–water partition coefficient (Wildman–Crippen LogP) is 9.43. The van der Waals surface area contributed by atoms with E-state index < -0.39 is 0 Å². The van der Waals surface area contributed by atoms with Gasteiger partial charge in [0.1, 0.15) is 12.4 Å². The number of carbonyl (C=O) groups is 2. The molecule has 0 atom stereocenters. The number of carbonyl (C=O) groups excluding carboxylic acids is 2. The van der Waals surface area contributed by atoms with E-state index in [1.807, 2.05) is 12.1 Å². The summed E-state index contributed by atoms with van der Waals surface area (Å²) in [7, 11) is 0. The molecule has 1 aliphatic carbocycles. The fraction of sp³-hybridized carbons (Fsp3) is 0.314. The van der Waals surface area contributed by atoms with Crippen LogP contribution in [0.15, 0.2) is 71.8 Å². The topological polar surface area (TPSA) is 58.6 Å². The minimum absolute atomic E-state index is 0.124. The van der Waals surface area contributed by atoms with Crippen molar-refractivity contribution in [3.05, 3.63) is 109 Å². The maximum atomic E-state index is 13.6. The van der Waals surface area contributed by atoms with Crippen molar-refractivity contribution in [2.24, 2.45) is 0 Å². The van der Waals surface area contributed by atoms with Gasteiger partial charge in [-0.1, -0.05) is 60.3 Å². The molecule has 232 valence electrons.